The average molecular weight is 453 g/mol. The number of hydrogen-bond donors (Lipinski definition) is 1. The van der Waals surface area contributed by atoms with E-state index in [9.17, 15) is 13.2 Å². The van der Waals surface area contributed by atoms with E-state index >= 15 is 0 Å². The maximum Gasteiger partial charge on any atom is 0.264 e. The molecule has 0 fully saturated rings. The monoisotopic (exact) mass is 452 g/mol. The molecule has 1 N–H and O–H groups in total. The van der Waals surface area contributed by atoms with Crippen LogP contribution in [0.5, 0.6) is 11.5 Å². The molecule has 3 aromatic rings. The Morgan fingerprint density at radius 3 is 2.56 bits per heavy atom. The Hall–Kier alpha value is -3.52. The van der Waals surface area contributed by atoms with E-state index in [1.54, 1.807) is 37.4 Å². The molecule has 32 heavy (non-hydrogen) atoms. The lowest BCUT2D eigenvalue weighted by Gasteiger charge is -2.30. The molecule has 166 valence electrons. The summed E-state index contributed by atoms with van der Waals surface area (Å²) in [5, 5.41) is 2.77. The first-order valence-corrected chi connectivity index (χ1v) is 11.6. The second-order valence-corrected chi connectivity index (χ2v) is 9.22. The molecule has 0 unspecified atom stereocenters. The molecule has 1 heterocycles. The molecule has 1 amide bonds. The Morgan fingerprint density at radius 2 is 1.78 bits per heavy atom. The number of aryl methyl sites for hydroxylation is 1. The standard InChI is InChI=1S/C24H24N2O5S/c1-30-19-12-13-21(23(16-19)31-2)25-24(27)18-8-5-10-20(15-18)32(28,29)26-14-6-9-17-7-3-4-11-22(17)26/h3-5,7-8,10-13,15-16H,6,9,14H2,1-2H3,(H,25,27). The fourth-order valence-electron chi connectivity index (χ4n) is 3.77. The third-order valence-electron chi connectivity index (χ3n) is 5.41. The summed E-state index contributed by atoms with van der Waals surface area (Å²) in [5.74, 6) is 0.589. The Bertz CT molecular complexity index is 1260. The van der Waals surface area contributed by atoms with Gasteiger partial charge in [-0.25, -0.2) is 8.42 Å². The number of nitrogens with one attached hydrogen (secondary N) is 1. The number of hydrogen-bond acceptors (Lipinski definition) is 5. The van der Waals surface area contributed by atoms with Crippen molar-refractivity contribution in [1.82, 2.24) is 0 Å². The van der Waals surface area contributed by atoms with Gasteiger partial charge in [0.1, 0.15) is 11.5 Å². The van der Waals surface area contributed by atoms with Crippen LogP contribution in [0.15, 0.2) is 71.6 Å². The molecule has 1 aliphatic heterocycles. The third kappa shape index (κ3) is 4.13. The van der Waals surface area contributed by atoms with E-state index in [1.165, 1.54) is 23.5 Å². The second-order valence-electron chi connectivity index (χ2n) is 7.36. The summed E-state index contributed by atoms with van der Waals surface area (Å²) < 4.78 is 38.7. The highest BCUT2D eigenvalue weighted by Gasteiger charge is 2.29. The van der Waals surface area contributed by atoms with Crippen LogP contribution < -0.4 is 19.1 Å². The van der Waals surface area contributed by atoms with Gasteiger partial charge >= 0.3 is 0 Å². The zero-order valence-electron chi connectivity index (χ0n) is 17.9. The minimum atomic E-state index is -3.81. The SMILES string of the molecule is COc1ccc(NC(=O)c2cccc(S(=O)(=O)N3CCCc4ccccc43)c2)c(OC)c1. The van der Waals surface area contributed by atoms with Crippen molar-refractivity contribution >= 4 is 27.3 Å². The third-order valence-corrected chi connectivity index (χ3v) is 7.22. The fourth-order valence-corrected chi connectivity index (χ4v) is 5.36. The van der Waals surface area contributed by atoms with E-state index < -0.39 is 15.9 Å². The molecular formula is C24H24N2O5S. The van der Waals surface area contributed by atoms with E-state index in [1.807, 2.05) is 24.3 Å². The van der Waals surface area contributed by atoms with Gasteiger partial charge in [-0.1, -0.05) is 24.3 Å². The molecule has 0 radical (unpaired) electrons. The van der Waals surface area contributed by atoms with Crippen LogP contribution in [-0.2, 0) is 16.4 Å². The normalized spacial score (nSPS) is 13.2. The van der Waals surface area contributed by atoms with Crippen molar-refractivity contribution in [1.29, 1.82) is 0 Å². The highest BCUT2D eigenvalue weighted by atomic mass is 32.2. The predicted octanol–water partition coefficient (Wildman–Crippen LogP) is 4.10. The molecule has 4 rings (SSSR count). The van der Waals surface area contributed by atoms with Crippen LogP contribution >= 0.6 is 0 Å². The van der Waals surface area contributed by atoms with Crippen molar-refractivity contribution in [2.24, 2.45) is 0 Å². The Kier molecular flexibility index (Phi) is 6.05. The molecule has 8 heteroatoms. The van der Waals surface area contributed by atoms with Crippen molar-refractivity contribution < 1.29 is 22.7 Å². The molecule has 0 aliphatic carbocycles. The predicted molar refractivity (Wildman–Crippen MR) is 123 cm³/mol. The number of rotatable bonds is 6. The van der Waals surface area contributed by atoms with Crippen LogP contribution in [0.4, 0.5) is 11.4 Å². The van der Waals surface area contributed by atoms with Crippen molar-refractivity contribution in [3.05, 3.63) is 77.9 Å². The molecule has 0 bridgehead atoms. The first-order chi connectivity index (χ1) is 15.4. The number of carbonyl (C=O) groups excluding carboxylic acids is 1. The summed E-state index contributed by atoms with van der Waals surface area (Å²) in [7, 11) is -0.779. The highest BCUT2D eigenvalue weighted by Crippen LogP contribution is 2.32. The molecule has 0 atom stereocenters. The van der Waals surface area contributed by atoms with Crippen LogP contribution in [0.3, 0.4) is 0 Å². The zero-order chi connectivity index (χ0) is 22.7. The molecule has 0 spiro atoms. The van der Waals surface area contributed by atoms with Gasteiger partial charge in [0.15, 0.2) is 0 Å². The number of nitrogens with zero attached hydrogens (tertiary/aromatic N) is 1. The molecular weight excluding hydrogens is 428 g/mol. The largest absolute Gasteiger partial charge is 0.497 e. The minimum absolute atomic E-state index is 0.0727. The maximum absolute atomic E-state index is 13.4. The van der Waals surface area contributed by atoms with Gasteiger partial charge in [0.05, 0.1) is 30.5 Å². The molecule has 0 saturated carbocycles. The van der Waals surface area contributed by atoms with E-state index in [0.717, 1.165) is 18.4 Å². The summed E-state index contributed by atoms with van der Waals surface area (Å²) >= 11 is 0. The lowest BCUT2D eigenvalue weighted by molar-refractivity contribution is 0.102. The Balaban J connectivity index is 1.62. The summed E-state index contributed by atoms with van der Waals surface area (Å²) in [6, 6.07) is 18.6. The lowest BCUT2D eigenvalue weighted by atomic mass is 10.0. The summed E-state index contributed by atoms with van der Waals surface area (Å²) in [6.07, 6.45) is 1.59. The zero-order valence-corrected chi connectivity index (χ0v) is 18.7. The molecule has 7 nitrogen and oxygen atoms in total. The van der Waals surface area contributed by atoms with Gasteiger partial charge in [0, 0.05) is 18.2 Å². The second kappa shape index (κ2) is 8.92. The quantitative estimate of drug-likeness (QED) is 0.609. The van der Waals surface area contributed by atoms with Gasteiger partial charge in [-0.3, -0.25) is 9.10 Å². The van der Waals surface area contributed by atoms with Gasteiger partial charge in [-0.05, 0) is 54.8 Å². The van der Waals surface area contributed by atoms with Gasteiger partial charge in [0.2, 0.25) is 0 Å². The first kappa shape index (κ1) is 21.7. The summed E-state index contributed by atoms with van der Waals surface area (Å²) in [6.45, 7) is 0.402. The van der Waals surface area contributed by atoms with Gasteiger partial charge < -0.3 is 14.8 Å². The van der Waals surface area contributed by atoms with Gasteiger partial charge in [0.25, 0.3) is 15.9 Å². The molecule has 3 aromatic carbocycles. The average Bonchev–Trinajstić information content (AvgIpc) is 2.83. The van der Waals surface area contributed by atoms with E-state index in [0.29, 0.717) is 29.4 Å². The maximum atomic E-state index is 13.4. The lowest BCUT2D eigenvalue weighted by Crippen LogP contribution is -2.35. The Labute approximate surface area is 187 Å². The number of benzene rings is 3. The van der Waals surface area contributed by atoms with Crippen molar-refractivity contribution in [2.75, 3.05) is 30.4 Å². The summed E-state index contributed by atoms with van der Waals surface area (Å²) in [5.41, 5.74) is 2.38. The van der Waals surface area contributed by atoms with Crippen LogP contribution in [0.25, 0.3) is 0 Å². The smallest absolute Gasteiger partial charge is 0.264 e. The first-order valence-electron chi connectivity index (χ1n) is 10.2. The van der Waals surface area contributed by atoms with Gasteiger partial charge in [-0.2, -0.15) is 0 Å². The van der Waals surface area contributed by atoms with E-state index in [2.05, 4.69) is 5.32 Å². The van der Waals surface area contributed by atoms with Gasteiger partial charge in [-0.15, -0.1) is 0 Å². The van der Waals surface area contributed by atoms with Crippen LogP contribution in [-0.4, -0.2) is 35.1 Å². The van der Waals surface area contributed by atoms with Crippen molar-refractivity contribution in [3.63, 3.8) is 0 Å². The number of fused-ring (bicyclic) bond motifs is 1. The molecule has 1 aliphatic rings. The van der Waals surface area contributed by atoms with Crippen LogP contribution in [0.2, 0.25) is 0 Å². The molecule has 0 saturated heterocycles. The number of ether oxygens (including phenoxy) is 2. The number of para-hydroxylation sites is 1. The van der Waals surface area contributed by atoms with Crippen molar-refractivity contribution in [2.45, 2.75) is 17.7 Å². The number of carbonyl (C=O) groups is 1. The van der Waals surface area contributed by atoms with E-state index in [4.69, 9.17) is 9.47 Å². The summed E-state index contributed by atoms with van der Waals surface area (Å²) in [4.78, 5) is 13.0. The van der Waals surface area contributed by atoms with Crippen LogP contribution in [0, 0.1) is 0 Å². The topological polar surface area (TPSA) is 84.9 Å². The Morgan fingerprint density at radius 1 is 0.969 bits per heavy atom. The number of amides is 1. The minimum Gasteiger partial charge on any atom is -0.497 e. The van der Waals surface area contributed by atoms with E-state index in [-0.39, 0.29) is 10.5 Å². The number of sulfonamides is 1. The number of anilines is 2. The number of methoxy groups -OCH3 is 2. The van der Waals surface area contributed by atoms with Crippen LogP contribution in [0.1, 0.15) is 22.3 Å². The van der Waals surface area contributed by atoms with Crippen molar-refractivity contribution in [3.8, 4) is 11.5 Å². The highest BCUT2D eigenvalue weighted by molar-refractivity contribution is 7.92. The fraction of sp³-hybridized carbons (Fsp3) is 0.208. The molecule has 0 aromatic heterocycles.